The van der Waals surface area contributed by atoms with Gasteiger partial charge >= 0.3 is 0 Å². The molecule has 0 aliphatic rings. The Labute approximate surface area is 172 Å². The first-order valence-corrected chi connectivity index (χ1v) is 9.43. The van der Waals surface area contributed by atoms with Crippen molar-refractivity contribution in [3.05, 3.63) is 65.2 Å². The molecule has 0 atom stereocenters. The molecule has 29 heavy (non-hydrogen) atoms. The summed E-state index contributed by atoms with van der Waals surface area (Å²) in [6.45, 7) is 4.35. The molecule has 2 amide bonds. The fourth-order valence-electron chi connectivity index (χ4n) is 2.69. The van der Waals surface area contributed by atoms with Gasteiger partial charge in [-0.2, -0.15) is 0 Å². The summed E-state index contributed by atoms with van der Waals surface area (Å²) >= 11 is 0. The third-order valence-electron chi connectivity index (χ3n) is 4.21. The molecule has 0 heterocycles. The normalized spacial score (nSPS) is 10.8. The van der Waals surface area contributed by atoms with Gasteiger partial charge in [-0.1, -0.05) is 18.2 Å². The highest BCUT2D eigenvalue weighted by Crippen LogP contribution is 2.29. The van der Waals surface area contributed by atoms with Gasteiger partial charge in [0.2, 0.25) is 5.91 Å². The van der Waals surface area contributed by atoms with E-state index in [2.05, 4.69) is 5.32 Å². The van der Waals surface area contributed by atoms with Gasteiger partial charge in [-0.25, -0.2) is 0 Å². The number of rotatable bonds is 8. The minimum Gasteiger partial charge on any atom is -0.493 e. The molecular weight excluding hydrogens is 368 g/mol. The second kappa shape index (κ2) is 10.3. The van der Waals surface area contributed by atoms with Crippen molar-refractivity contribution in [3.63, 3.8) is 0 Å². The van der Waals surface area contributed by atoms with Crippen LogP contribution < -0.4 is 14.8 Å². The van der Waals surface area contributed by atoms with Crippen molar-refractivity contribution >= 4 is 17.9 Å². The Hall–Kier alpha value is -3.28. The third-order valence-corrected chi connectivity index (χ3v) is 4.21. The Balaban J connectivity index is 2.01. The van der Waals surface area contributed by atoms with Gasteiger partial charge in [0.1, 0.15) is 0 Å². The summed E-state index contributed by atoms with van der Waals surface area (Å²) in [6, 6.07) is 12.7. The summed E-state index contributed by atoms with van der Waals surface area (Å²) in [5.74, 6) is 1.03. The maximum absolute atomic E-state index is 12.4. The average Bonchev–Trinajstić information content (AvgIpc) is 2.72. The van der Waals surface area contributed by atoms with E-state index in [-0.39, 0.29) is 17.9 Å². The second-order valence-corrected chi connectivity index (χ2v) is 6.88. The average molecular weight is 396 g/mol. The molecule has 2 rings (SSSR count). The number of hydrogen-bond acceptors (Lipinski definition) is 4. The molecular formula is C23H28N2O4. The Morgan fingerprint density at radius 2 is 1.79 bits per heavy atom. The van der Waals surface area contributed by atoms with Crippen molar-refractivity contribution in [1.29, 1.82) is 0 Å². The number of nitrogens with zero attached hydrogens (tertiary/aromatic N) is 1. The number of benzene rings is 2. The number of hydrogen-bond donors (Lipinski definition) is 1. The molecule has 0 spiro atoms. The van der Waals surface area contributed by atoms with Gasteiger partial charge < -0.3 is 19.7 Å². The molecule has 1 N–H and O–H groups in total. The van der Waals surface area contributed by atoms with Crippen molar-refractivity contribution in [2.24, 2.45) is 0 Å². The van der Waals surface area contributed by atoms with Gasteiger partial charge in [0.15, 0.2) is 11.5 Å². The topological polar surface area (TPSA) is 67.9 Å². The Morgan fingerprint density at radius 3 is 2.38 bits per heavy atom. The minimum atomic E-state index is -0.135. The van der Waals surface area contributed by atoms with E-state index >= 15 is 0 Å². The zero-order chi connectivity index (χ0) is 21.4. The second-order valence-electron chi connectivity index (χ2n) is 6.88. The smallest absolute Gasteiger partial charge is 0.251 e. The molecule has 154 valence electrons. The van der Waals surface area contributed by atoms with Gasteiger partial charge in [0.05, 0.1) is 13.2 Å². The molecule has 0 bridgehead atoms. The van der Waals surface area contributed by atoms with Crippen LogP contribution in [-0.4, -0.2) is 44.0 Å². The van der Waals surface area contributed by atoms with Crippen molar-refractivity contribution in [2.45, 2.75) is 26.5 Å². The number of amides is 2. The lowest BCUT2D eigenvalue weighted by Crippen LogP contribution is -2.24. The van der Waals surface area contributed by atoms with Crippen LogP contribution in [0.25, 0.3) is 6.08 Å². The van der Waals surface area contributed by atoms with Gasteiger partial charge in [0, 0.05) is 32.3 Å². The van der Waals surface area contributed by atoms with Gasteiger partial charge in [-0.3, -0.25) is 9.59 Å². The van der Waals surface area contributed by atoms with E-state index in [0.717, 1.165) is 11.1 Å². The Morgan fingerprint density at radius 1 is 1.10 bits per heavy atom. The van der Waals surface area contributed by atoms with E-state index in [1.54, 1.807) is 44.3 Å². The first-order valence-electron chi connectivity index (χ1n) is 9.43. The fraction of sp³-hybridized carbons (Fsp3) is 0.304. The highest BCUT2D eigenvalue weighted by atomic mass is 16.5. The summed E-state index contributed by atoms with van der Waals surface area (Å²) < 4.78 is 11.1. The molecule has 0 fully saturated rings. The molecule has 0 radical (unpaired) electrons. The van der Waals surface area contributed by atoms with Crippen LogP contribution >= 0.6 is 0 Å². The van der Waals surface area contributed by atoms with Crippen LogP contribution in [0.2, 0.25) is 0 Å². The molecule has 0 unspecified atom stereocenters. The standard InChI is InChI=1S/C23H28N2O4/c1-16(2)29-20-12-8-17(14-21(20)28-5)9-13-22(26)25(4)15-18-6-10-19(11-7-18)23(27)24-3/h6-14,16H,15H2,1-5H3,(H,24,27)/b13-9+. The number of carbonyl (C=O) groups is 2. The molecule has 0 saturated carbocycles. The van der Waals surface area contributed by atoms with Crippen LogP contribution in [0.15, 0.2) is 48.5 Å². The van der Waals surface area contributed by atoms with E-state index in [4.69, 9.17) is 9.47 Å². The molecule has 0 aliphatic heterocycles. The minimum absolute atomic E-state index is 0.0472. The highest BCUT2D eigenvalue weighted by Gasteiger charge is 2.09. The SMILES string of the molecule is CNC(=O)c1ccc(CN(C)C(=O)/C=C/c2ccc(OC(C)C)c(OC)c2)cc1. The summed E-state index contributed by atoms with van der Waals surface area (Å²) in [6.07, 6.45) is 3.32. The van der Waals surface area contributed by atoms with Crippen LogP contribution in [0.1, 0.15) is 35.3 Å². The zero-order valence-corrected chi connectivity index (χ0v) is 17.6. The largest absolute Gasteiger partial charge is 0.493 e. The van der Waals surface area contributed by atoms with E-state index in [1.807, 2.05) is 44.2 Å². The van der Waals surface area contributed by atoms with Crippen molar-refractivity contribution in [2.75, 3.05) is 21.2 Å². The van der Waals surface area contributed by atoms with Gasteiger partial charge in [-0.05, 0) is 55.3 Å². The summed E-state index contributed by atoms with van der Waals surface area (Å²) in [5.41, 5.74) is 2.37. The van der Waals surface area contributed by atoms with Crippen LogP contribution in [0.5, 0.6) is 11.5 Å². The quantitative estimate of drug-likeness (QED) is 0.694. The lowest BCUT2D eigenvalue weighted by molar-refractivity contribution is -0.125. The molecule has 2 aromatic carbocycles. The maximum atomic E-state index is 12.4. The molecule has 6 heteroatoms. The lowest BCUT2D eigenvalue weighted by Gasteiger charge is -2.16. The van der Waals surface area contributed by atoms with E-state index < -0.39 is 0 Å². The Bertz CT molecular complexity index is 873. The summed E-state index contributed by atoms with van der Waals surface area (Å²) in [7, 11) is 4.92. The van der Waals surface area contributed by atoms with Crippen LogP contribution in [0.4, 0.5) is 0 Å². The van der Waals surface area contributed by atoms with E-state index in [0.29, 0.717) is 23.6 Å². The van der Waals surface area contributed by atoms with Crippen LogP contribution in [0, 0.1) is 0 Å². The predicted octanol–water partition coefficient (Wildman–Crippen LogP) is 3.51. The lowest BCUT2D eigenvalue weighted by atomic mass is 10.1. The highest BCUT2D eigenvalue weighted by molar-refractivity contribution is 5.94. The molecule has 6 nitrogen and oxygen atoms in total. The number of methoxy groups -OCH3 is 1. The summed E-state index contributed by atoms with van der Waals surface area (Å²) in [5, 5.41) is 2.58. The number of ether oxygens (including phenoxy) is 2. The Kier molecular flexibility index (Phi) is 7.83. The zero-order valence-electron chi connectivity index (χ0n) is 17.6. The monoisotopic (exact) mass is 396 g/mol. The van der Waals surface area contributed by atoms with Gasteiger partial charge in [-0.15, -0.1) is 0 Å². The number of carbonyl (C=O) groups excluding carboxylic acids is 2. The van der Waals surface area contributed by atoms with Gasteiger partial charge in [0.25, 0.3) is 5.91 Å². The van der Waals surface area contributed by atoms with E-state index in [9.17, 15) is 9.59 Å². The van der Waals surface area contributed by atoms with E-state index in [1.165, 1.54) is 6.08 Å². The number of likely N-dealkylation sites (N-methyl/N-ethyl adjacent to an activating group) is 1. The third kappa shape index (κ3) is 6.38. The van der Waals surface area contributed by atoms with Crippen molar-refractivity contribution < 1.29 is 19.1 Å². The molecule has 0 saturated heterocycles. The molecule has 0 aromatic heterocycles. The molecule has 2 aromatic rings. The van der Waals surface area contributed by atoms with Crippen molar-refractivity contribution in [1.82, 2.24) is 10.2 Å². The summed E-state index contributed by atoms with van der Waals surface area (Å²) in [4.78, 5) is 25.6. The predicted molar refractivity (Wildman–Crippen MR) is 114 cm³/mol. The molecule has 0 aliphatic carbocycles. The van der Waals surface area contributed by atoms with Crippen LogP contribution in [0.3, 0.4) is 0 Å². The van der Waals surface area contributed by atoms with Crippen LogP contribution in [-0.2, 0) is 11.3 Å². The maximum Gasteiger partial charge on any atom is 0.251 e. The first-order chi connectivity index (χ1) is 13.8. The van der Waals surface area contributed by atoms with Crippen molar-refractivity contribution in [3.8, 4) is 11.5 Å². The fourth-order valence-corrected chi connectivity index (χ4v) is 2.69. The first kappa shape index (κ1) is 22.0. The number of nitrogens with one attached hydrogen (secondary N) is 1.